The van der Waals surface area contributed by atoms with Crippen molar-refractivity contribution >= 4 is 32.9 Å². The molecule has 0 spiro atoms. The summed E-state index contributed by atoms with van der Waals surface area (Å²) in [5.41, 5.74) is 2.28. The first-order valence-electron chi connectivity index (χ1n) is 8.30. The zero-order valence-corrected chi connectivity index (χ0v) is 15.1. The highest BCUT2D eigenvalue weighted by Crippen LogP contribution is 2.33. The van der Waals surface area contributed by atoms with E-state index in [1.807, 2.05) is 12.3 Å². The number of amides is 1. The van der Waals surface area contributed by atoms with Crippen molar-refractivity contribution in [1.29, 1.82) is 0 Å². The number of aromatic amines is 1. The van der Waals surface area contributed by atoms with E-state index >= 15 is 0 Å². The predicted octanol–water partition coefficient (Wildman–Crippen LogP) is 4.48. The topological polar surface area (TPSA) is 49.0 Å². The molecule has 0 radical (unpaired) electrons. The molecule has 0 unspecified atom stereocenters. The van der Waals surface area contributed by atoms with Crippen LogP contribution in [0.5, 0.6) is 0 Å². The highest BCUT2D eigenvalue weighted by Gasteiger charge is 2.27. The lowest BCUT2D eigenvalue weighted by atomic mass is 9.89. The third kappa shape index (κ3) is 3.06. The van der Waals surface area contributed by atoms with Crippen molar-refractivity contribution in [2.24, 2.45) is 0 Å². The molecule has 0 atom stereocenters. The highest BCUT2D eigenvalue weighted by atomic mass is 79.9. The molecule has 0 bridgehead atoms. The summed E-state index contributed by atoms with van der Waals surface area (Å²) in [5, 5.41) is 1.14. The fourth-order valence-electron chi connectivity index (χ4n) is 3.54. The average Bonchev–Trinajstić information content (AvgIpc) is 3.07. The summed E-state index contributed by atoms with van der Waals surface area (Å²) in [6.07, 6.45) is 5.52. The number of rotatable bonds is 2. The van der Waals surface area contributed by atoms with Crippen molar-refractivity contribution in [3.05, 3.63) is 64.1 Å². The van der Waals surface area contributed by atoms with Crippen LogP contribution in [0, 0.1) is 5.82 Å². The van der Waals surface area contributed by atoms with Crippen molar-refractivity contribution in [3.8, 4) is 0 Å². The van der Waals surface area contributed by atoms with Gasteiger partial charge in [-0.1, -0.05) is 15.9 Å². The van der Waals surface area contributed by atoms with Gasteiger partial charge in [-0.05, 0) is 54.7 Å². The van der Waals surface area contributed by atoms with E-state index in [9.17, 15) is 9.18 Å². The van der Waals surface area contributed by atoms with Gasteiger partial charge >= 0.3 is 0 Å². The second-order valence-corrected chi connectivity index (χ2v) is 7.25. The predicted molar refractivity (Wildman–Crippen MR) is 98.1 cm³/mol. The molecule has 128 valence electrons. The van der Waals surface area contributed by atoms with Crippen LogP contribution in [0.4, 0.5) is 4.39 Å². The Labute approximate surface area is 153 Å². The van der Waals surface area contributed by atoms with Gasteiger partial charge in [0.05, 0.1) is 5.56 Å². The largest absolute Gasteiger partial charge is 0.346 e. The van der Waals surface area contributed by atoms with Crippen LogP contribution in [0.3, 0.4) is 0 Å². The van der Waals surface area contributed by atoms with E-state index in [-0.39, 0.29) is 11.5 Å². The van der Waals surface area contributed by atoms with Gasteiger partial charge < -0.3 is 9.88 Å². The van der Waals surface area contributed by atoms with Crippen molar-refractivity contribution < 1.29 is 9.18 Å². The number of pyridine rings is 1. The van der Waals surface area contributed by atoms with Crippen LogP contribution >= 0.6 is 15.9 Å². The maximum atomic E-state index is 14.0. The third-order valence-corrected chi connectivity index (χ3v) is 5.36. The van der Waals surface area contributed by atoms with Crippen molar-refractivity contribution in [1.82, 2.24) is 14.9 Å². The van der Waals surface area contributed by atoms with Crippen molar-refractivity contribution in [2.75, 3.05) is 13.1 Å². The smallest absolute Gasteiger partial charge is 0.256 e. The summed E-state index contributed by atoms with van der Waals surface area (Å²) in [4.78, 5) is 21.9. The number of carbonyl (C=O) groups is 1. The van der Waals surface area contributed by atoms with E-state index in [0.717, 1.165) is 23.9 Å². The number of fused-ring (bicyclic) bond motifs is 1. The Bertz CT molecular complexity index is 931. The third-order valence-electron chi connectivity index (χ3n) is 4.86. The molecular weight excluding hydrogens is 385 g/mol. The number of benzene rings is 1. The number of piperidine rings is 1. The molecule has 1 N–H and O–H groups in total. The monoisotopic (exact) mass is 401 g/mol. The summed E-state index contributed by atoms with van der Waals surface area (Å²) >= 11 is 3.30. The minimum atomic E-state index is -0.474. The average molecular weight is 402 g/mol. The molecule has 3 heterocycles. The molecule has 0 saturated carbocycles. The Morgan fingerprint density at radius 1 is 1.28 bits per heavy atom. The molecule has 25 heavy (non-hydrogen) atoms. The highest BCUT2D eigenvalue weighted by molar-refractivity contribution is 9.10. The maximum absolute atomic E-state index is 14.0. The quantitative estimate of drug-likeness (QED) is 0.687. The zero-order valence-electron chi connectivity index (χ0n) is 13.5. The Kier molecular flexibility index (Phi) is 4.29. The maximum Gasteiger partial charge on any atom is 0.256 e. The summed E-state index contributed by atoms with van der Waals surface area (Å²) in [5.74, 6) is -0.328. The number of nitrogens with zero attached hydrogens (tertiary/aromatic N) is 2. The Morgan fingerprint density at radius 3 is 2.88 bits per heavy atom. The second-order valence-electron chi connectivity index (χ2n) is 6.33. The number of hydrogen-bond donors (Lipinski definition) is 1. The van der Waals surface area contributed by atoms with Gasteiger partial charge in [0, 0.05) is 35.3 Å². The van der Waals surface area contributed by atoms with Crippen LogP contribution in [0.2, 0.25) is 0 Å². The Hall–Kier alpha value is -2.21. The standard InChI is InChI=1S/C19H17BrFN3O/c20-13-3-4-17(21)15(10-13)19(25)24-8-5-12(6-9-24)16-11-23-18-14(16)2-1-7-22-18/h1-4,7,10-12H,5-6,8-9H2,(H,22,23). The molecule has 2 aromatic heterocycles. The Morgan fingerprint density at radius 2 is 2.08 bits per heavy atom. The van der Waals surface area contributed by atoms with Crippen LogP contribution < -0.4 is 0 Å². The fourth-order valence-corrected chi connectivity index (χ4v) is 3.90. The van der Waals surface area contributed by atoms with Gasteiger partial charge in [-0.15, -0.1) is 0 Å². The second kappa shape index (κ2) is 6.59. The molecule has 1 fully saturated rings. The minimum absolute atomic E-state index is 0.129. The molecule has 4 rings (SSSR count). The van der Waals surface area contributed by atoms with E-state index in [1.165, 1.54) is 11.6 Å². The van der Waals surface area contributed by atoms with E-state index in [1.54, 1.807) is 23.2 Å². The lowest BCUT2D eigenvalue weighted by Crippen LogP contribution is -2.38. The summed E-state index contributed by atoms with van der Waals surface area (Å²) in [6.45, 7) is 1.25. The van der Waals surface area contributed by atoms with Crippen molar-refractivity contribution in [3.63, 3.8) is 0 Å². The molecule has 6 heteroatoms. The van der Waals surface area contributed by atoms with E-state index in [2.05, 4.69) is 32.0 Å². The van der Waals surface area contributed by atoms with E-state index in [0.29, 0.717) is 23.5 Å². The minimum Gasteiger partial charge on any atom is -0.346 e. The number of aromatic nitrogens is 2. The molecule has 1 amide bonds. The van der Waals surface area contributed by atoms with Gasteiger partial charge in [-0.3, -0.25) is 4.79 Å². The summed E-state index contributed by atoms with van der Waals surface area (Å²) < 4.78 is 14.7. The van der Waals surface area contributed by atoms with Crippen LogP contribution in [0.15, 0.2) is 47.2 Å². The zero-order chi connectivity index (χ0) is 17.4. The van der Waals surface area contributed by atoms with Crippen molar-refractivity contribution in [2.45, 2.75) is 18.8 Å². The number of hydrogen-bond acceptors (Lipinski definition) is 2. The number of halogens is 2. The Balaban J connectivity index is 1.50. The van der Waals surface area contributed by atoms with E-state index in [4.69, 9.17) is 0 Å². The molecule has 3 aromatic rings. The van der Waals surface area contributed by atoms with Gasteiger partial charge in [0.25, 0.3) is 5.91 Å². The van der Waals surface area contributed by atoms with Gasteiger partial charge in [0.1, 0.15) is 11.5 Å². The van der Waals surface area contributed by atoms with E-state index < -0.39 is 5.82 Å². The normalized spacial score (nSPS) is 15.7. The molecule has 4 nitrogen and oxygen atoms in total. The fraction of sp³-hybridized carbons (Fsp3) is 0.263. The van der Waals surface area contributed by atoms with Crippen LogP contribution in [-0.4, -0.2) is 33.9 Å². The molecule has 1 saturated heterocycles. The molecular formula is C19H17BrFN3O. The summed E-state index contributed by atoms with van der Waals surface area (Å²) in [7, 11) is 0. The van der Waals surface area contributed by atoms with Gasteiger partial charge in [0.2, 0.25) is 0 Å². The van der Waals surface area contributed by atoms with Gasteiger partial charge in [-0.2, -0.15) is 0 Å². The number of H-pyrrole nitrogens is 1. The molecule has 1 aromatic carbocycles. The number of nitrogens with one attached hydrogen (secondary N) is 1. The SMILES string of the molecule is O=C(c1cc(Br)ccc1F)N1CCC(c2c[nH]c3ncccc23)CC1. The lowest BCUT2D eigenvalue weighted by molar-refractivity contribution is 0.0708. The first-order valence-corrected chi connectivity index (χ1v) is 9.09. The van der Waals surface area contributed by atoms with Gasteiger partial charge in [-0.25, -0.2) is 9.37 Å². The lowest BCUT2D eigenvalue weighted by Gasteiger charge is -2.32. The molecule has 0 aliphatic carbocycles. The number of likely N-dealkylation sites (tertiary alicyclic amines) is 1. The van der Waals surface area contributed by atoms with Crippen LogP contribution in [0.25, 0.3) is 11.0 Å². The van der Waals surface area contributed by atoms with Gasteiger partial charge in [0.15, 0.2) is 0 Å². The molecule has 1 aliphatic heterocycles. The molecule has 1 aliphatic rings. The first kappa shape index (κ1) is 16.3. The number of carbonyl (C=O) groups excluding carboxylic acids is 1. The van der Waals surface area contributed by atoms with Crippen LogP contribution in [0.1, 0.15) is 34.7 Å². The van der Waals surface area contributed by atoms with Crippen LogP contribution in [-0.2, 0) is 0 Å². The first-order chi connectivity index (χ1) is 12.1. The summed E-state index contributed by atoms with van der Waals surface area (Å²) in [6, 6.07) is 8.48.